The van der Waals surface area contributed by atoms with Crippen LogP contribution in [0.4, 0.5) is 5.69 Å². The van der Waals surface area contributed by atoms with Gasteiger partial charge in [0.25, 0.3) is 11.6 Å². The molecule has 0 spiro atoms. The number of rotatable bonds is 9. The average molecular weight is 383 g/mol. The zero-order valence-corrected chi connectivity index (χ0v) is 15.7. The number of nitrogens with one attached hydrogen (secondary N) is 1. The normalized spacial score (nSPS) is 10.5. The third-order valence-electron chi connectivity index (χ3n) is 3.66. The molecule has 2 aromatic carbocycles. The number of hydrogen-bond donors (Lipinski definition) is 1. The molecule has 0 bridgehead atoms. The fourth-order valence-electron chi connectivity index (χ4n) is 2.37. The van der Waals surface area contributed by atoms with Crippen LogP contribution in [0.5, 0.6) is 11.5 Å². The third kappa shape index (κ3) is 5.41. The summed E-state index contributed by atoms with van der Waals surface area (Å²) in [5.41, 5.74) is 3.74. The van der Waals surface area contributed by atoms with Gasteiger partial charge in [-0.05, 0) is 49.7 Å². The largest absolute Gasteiger partial charge is 0.490 e. The molecule has 146 valence electrons. The van der Waals surface area contributed by atoms with E-state index in [1.165, 1.54) is 24.4 Å². The highest BCUT2D eigenvalue weighted by Crippen LogP contribution is 2.28. The molecule has 1 N–H and O–H groups in total. The van der Waals surface area contributed by atoms with Crippen molar-refractivity contribution < 1.29 is 19.2 Å². The van der Waals surface area contributed by atoms with Crippen molar-refractivity contribution in [2.75, 3.05) is 13.2 Å². The standard InChI is InChI=1S/C20H21N3O5/c1-4-10-28-18-9-6-15(12-19(18)27-5-2)13-21-22-20(24)16-7-8-17(23(25)26)14(3)11-16/h4,6-9,11-13H,1,5,10H2,2-3H3,(H,22,24). The summed E-state index contributed by atoms with van der Waals surface area (Å²) in [6, 6.07) is 9.39. The Kier molecular flexibility index (Phi) is 7.27. The molecule has 8 heteroatoms. The maximum absolute atomic E-state index is 12.2. The van der Waals surface area contributed by atoms with Crippen LogP contribution in [0.2, 0.25) is 0 Å². The lowest BCUT2D eigenvalue weighted by atomic mass is 10.1. The first kappa shape index (κ1) is 20.6. The molecule has 0 aliphatic carbocycles. The highest BCUT2D eigenvalue weighted by atomic mass is 16.6. The van der Waals surface area contributed by atoms with Gasteiger partial charge in [0.1, 0.15) is 6.61 Å². The molecule has 0 aliphatic rings. The third-order valence-corrected chi connectivity index (χ3v) is 3.66. The van der Waals surface area contributed by atoms with Gasteiger partial charge in [-0.25, -0.2) is 5.43 Å². The highest BCUT2D eigenvalue weighted by Gasteiger charge is 2.13. The van der Waals surface area contributed by atoms with Gasteiger partial charge in [0.15, 0.2) is 11.5 Å². The minimum absolute atomic E-state index is 0.0396. The van der Waals surface area contributed by atoms with Crippen LogP contribution in [0.3, 0.4) is 0 Å². The van der Waals surface area contributed by atoms with Crippen molar-refractivity contribution >= 4 is 17.8 Å². The summed E-state index contributed by atoms with van der Waals surface area (Å²) in [5, 5.41) is 14.8. The smallest absolute Gasteiger partial charge is 0.272 e. The number of hydrazone groups is 1. The van der Waals surface area contributed by atoms with Crippen LogP contribution in [0.1, 0.15) is 28.4 Å². The molecule has 2 aromatic rings. The van der Waals surface area contributed by atoms with E-state index in [0.717, 1.165) is 0 Å². The molecule has 0 aromatic heterocycles. The second-order valence-corrected chi connectivity index (χ2v) is 5.70. The first-order valence-electron chi connectivity index (χ1n) is 8.55. The SMILES string of the molecule is C=CCOc1ccc(C=NNC(=O)c2ccc([N+](=O)[O-])c(C)c2)cc1OCC. The minimum Gasteiger partial charge on any atom is -0.490 e. The molecular weight excluding hydrogens is 362 g/mol. The lowest BCUT2D eigenvalue weighted by molar-refractivity contribution is -0.385. The molecule has 0 heterocycles. The van der Waals surface area contributed by atoms with Crippen LogP contribution in [-0.4, -0.2) is 30.3 Å². The fraction of sp³-hybridized carbons (Fsp3) is 0.200. The van der Waals surface area contributed by atoms with E-state index in [-0.39, 0.29) is 11.3 Å². The summed E-state index contributed by atoms with van der Waals surface area (Å²) in [5.74, 6) is 0.681. The van der Waals surface area contributed by atoms with Crippen molar-refractivity contribution in [1.82, 2.24) is 5.43 Å². The summed E-state index contributed by atoms with van der Waals surface area (Å²) in [6.07, 6.45) is 3.11. The zero-order valence-electron chi connectivity index (χ0n) is 15.7. The molecular formula is C20H21N3O5. The van der Waals surface area contributed by atoms with E-state index >= 15 is 0 Å². The van der Waals surface area contributed by atoms with Gasteiger partial charge in [0, 0.05) is 17.2 Å². The molecule has 1 amide bonds. The van der Waals surface area contributed by atoms with Gasteiger partial charge in [0.2, 0.25) is 0 Å². The highest BCUT2D eigenvalue weighted by molar-refractivity contribution is 5.95. The first-order valence-corrected chi connectivity index (χ1v) is 8.55. The first-order chi connectivity index (χ1) is 13.5. The Bertz CT molecular complexity index is 909. The number of carbonyl (C=O) groups is 1. The van der Waals surface area contributed by atoms with Crippen LogP contribution < -0.4 is 14.9 Å². The van der Waals surface area contributed by atoms with Gasteiger partial charge in [-0.15, -0.1) is 0 Å². The van der Waals surface area contributed by atoms with Crippen LogP contribution >= 0.6 is 0 Å². The van der Waals surface area contributed by atoms with E-state index in [1.807, 2.05) is 6.92 Å². The molecule has 8 nitrogen and oxygen atoms in total. The number of carbonyl (C=O) groups excluding carboxylic acids is 1. The number of aryl methyl sites for hydroxylation is 1. The molecule has 0 radical (unpaired) electrons. The molecule has 0 saturated heterocycles. The van der Waals surface area contributed by atoms with Crippen LogP contribution in [0, 0.1) is 17.0 Å². The Morgan fingerprint density at radius 2 is 2.04 bits per heavy atom. The van der Waals surface area contributed by atoms with Crippen LogP contribution in [0.25, 0.3) is 0 Å². The summed E-state index contributed by atoms with van der Waals surface area (Å²) in [4.78, 5) is 22.5. The van der Waals surface area contributed by atoms with Gasteiger partial charge in [-0.3, -0.25) is 14.9 Å². The second kappa shape index (κ2) is 9.86. The van der Waals surface area contributed by atoms with Gasteiger partial charge in [-0.1, -0.05) is 12.7 Å². The fourth-order valence-corrected chi connectivity index (χ4v) is 2.37. The Labute approximate surface area is 162 Å². The molecule has 2 rings (SSSR count). The summed E-state index contributed by atoms with van der Waals surface area (Å²) in [7, 11) is 0. The predicted molar refractivity (Wildman–Crippen MR) is 106 cm³/mol. The summed E-state index contributed by atoms with van der Waals surface area (Å²) in [6.45, 7) is 7.88. The van der Waals surface area contributed by atoms with E-state index in [0.29, 0.717) is 35.8 Å². The topological polar surface area (TPSA) is 103 Å². The van der Waals surface area contributed by atoms with E-state index in [4.69, 9.17) is 9.47 Å². The van der Waals surface area contributed by atoms with Crippen molar-refractivity contribution in [3.8, 4) is 11.5 Å². The summed E-state index contributed by atoms with van der Waals surface area (Å²) < 4.78 is 11.1. The number of ether oxygens (including phenoxy) is 2. The molecule has 0 atom stereocenters. The number of nitro groups is 1. The lowest BCUT2D eigenvalue weighted by Crippen LogP contribution is -2.17. The maximum atomic E-state index is 12.2. The monoisotopic (exact) mass is 383 g/mol. The van der Waals surface area contributed by atoms with Crippen LogP contribution in [0.15, 0.2) is 54.2 Å². The molecule has 0 aliphatic heterocycles. The number of benzene rings is 2. The Morgan fingerprint density at radius 1 is 1.25 bits per heavy atom. The summed E-state index contributed by atoms with van der Waals surface area (Å²) >= 11 is 0. The van der Waals surface area contributed by atoms with Gasteiger partial charge >= 0.3 is 0 Å². The number of hydrogen-bond acceptors (Lipinski definition) is 6. The Morgan fingerprint density at radius 3 is 2.68 bits per heavy atom. The maximum Gasteiger partial charge on any atom is 0.272 e. The van der Waals surface area contributed by atoms with Gasteiger partial charge in [0.05, 0.1) is 17.7 Å². The van der Waals surface area contributed by atoms with E-state index in [9.17, 15) is 14.9 Å². The number of amides is 1. The van der Waals surface area contributed by atoms with Crippen molar-refractivity contribution in [2.24, 2.45) is 5.10 Å². The molecule has 0 unspecified atom stereocenters. The van der Waals surface area contributed by atoms with E-state index < -0.39 is 10.8 Å². The van der Waals surface area contributed by atoms with E-state index in [1.54, 1.807) is 31.2 Å². The number of nitrogens with zero attached hydrogens (tertiary/aromatic N) is 2. The zero-order chi connectivity index (χ0) is 20.5. The molecule has 0 fully saturated rings. The quantitative estimate of drug-likeness (QED) is 0.308. The van der Waals surface area contributed by atoms with Crippen molar-refractivity contribution in [2.45, 2.75) is 13.8 Å². The van der Waals surface area contributed by atoms with E-state index in [2.05, 4.69) is 17.1 Å². The van der Waals surface area contributed by atoms with Crippen molar-refractivity contribution in [3.05, 3.63) is 75.9 Å². The molecule has 28 heavy (non-hydrogen) atoms. The van der Waals surface area contributed by atoms with Crippen molar-refractivity contribution in [1.29, 1.82) is 0 Å². The van der Waals surface area contributed by atoms with Gasteiger partial charge < -0.3 is 9.47 Å². The lowest BCUT2D eigenvalue weighted by Gasteiger charge is -2.11. The Balaban J connectivity index is 2.08. The van der Waals surface area contributed by atoms with Crippen LogP contribution in [-0.2, 0) is 0 Å². The van der Waals surface area contributed by atoms with Gasteiger partial charge in [-0.2, -0.15) is 5.10 Å². The molecule has 0 saturated carbocycles. The minimum atomic E-state index is -0.493. The second-order valence-electron chi connectivity index (χ2n) is 5.70. The predicted octanol–water partition coefficient (Wildman–Crippen LogP) is 3.63. The Hall–Kier alpha value is -3.68. The average Bonchev–Trinajstić information content (AvgIpc) is 2.67. The number of nitro benzene ring substituents is 1. The van der Waals surface area contributed by atoms with Crippen molar-refractivity contribution in [3.63, 3.8) is 0 Å².